The minimum atomic E-state index is -3.89. The van der Waals surface area contributed by atoms with Gasteiger partial charge >= 0.3 is 0 Å². The van der Waals surface area contributed by atoms with Gasteiger partial charge in [0.2, 0.25) is 20.0 Å². The van der Waals surface area contributed by atoms with E-state index in [1.807, 2.05) is 50.2 Å². The topological polar surface area (TPSA) is 81.2 Å². The standard InChI is InChI=1S/C32H34Cl2N4O4S2/c1-23-9-11-25(21-29(23)33)35-13-17-37(18-14-35)43(39,40)31-7-3-6-28-27(31)5-4-8-32(28)44(41,42)38-19-15-36(16-20-38)26-12-10-24(2)30(34)22-26/h3-12,21-22H,13-20H2,1-2H3. The van der Waals surface area contributed by atoms with Gasteiger partial charge in [-0.25, -0.2) is 16.8 Å². The van der Waals surface area contributed by atoms with Gasteiger partial charge < -0.3 is 9.80 Å². The average molecular weight is 674 g/mol. The molecule has 0 N–H and O–H groups in total. The van der Waals surface area contributed by atoms with Crippen LogP contribution in [0.1, 0.15) is 11.1 Å². The molecule has 0 amide bonds. The quantitative estimate of drug-likeness (QED) is 0.258. The van der Waals surface area contributed by atoms with Crippen LogP contribution in [0.2, 0.25) is 10.0 Å². The van der Waals surface area contributed by atoms with Crippen LogP contribution in [0.3, 0.4) is 0 Å². The zero-order valence-electron chi connectivity index (χ0n) is 24.6. The van der Waals surface area contributed by atoms with Crippen LogP contribution in [0.15, 0.2) is 82.6 Å². The second-order valence-corrected chi connectivity index (χ2v) is 15.9. The zero-order valence-corrected chi connectivity index (χ0v) is 27.7. The largest absolute Gasteiger partial charge is 0.369 e. The molecule has 4 aromatic rings. The number of anilines is 2. The van der Waals surface area contributed by atoms with Crippen molar-refractivity contribution >= 4 is 65.4 Å². The lowest BCUT2D eigenvalue weighted by atomic mass is 10.1. The fourth-order valence-electron chi connectivity index (χ4n) is 5.91. The van der Waals surface area contributed by atoms with E-state index in [2.05, 4.69) is 9.80 Å². The molecule has 0 aliphatic carbocycles. The van der Waals surface area contributed by atoms with Crippen molar-refractivity contribution in [2.45, 2.75) is 23.6 Å². The summed E-state index contributed by atoms with van der Waals surface area (Å²) < 4.78 is 58.7. The fraction of sp³-hybridized carbons (Fsp3) is 0.312. The average Bonchev–Trinajstić information content (AvgIpc) is 3.03. The molecule has 0 radical (unpaired) electrons. The van der Waals surface area contributed by atoms with Gasteiger partial charge in [-0.15, -0.1) is 0 Å². The third kappa shape index (κ3) is 5.79. The summed E-state index contributed by atoms with van der Waals surface area (Å²) in [7, 11) is -7.77. The molecule has 0 unspecified atom stereocenters. The lowest BCUT2D eigenvalue weighted by Gasteiger charge is -2.36. The van der Waals surface area contributed by atoms with Gasteiger partial charge in [0, 0.05) is 84.6 Å². The number of aryl methyl sites for hydroxylation is 2. The first-order valence-corrected chi connectivity index (χ1v) is 18.1. The number of fused-ring (bicyclic) bond motifs is 1. The lowest BCUT2D eigenvalue weighted by molar-refractivity contribution is 0.384. The maximum atomic E-state index is 13.9. The first-order chi connectivity index (χ1) is 21.0. The maximum Gasteiger partial charge on any atom is 0.243 e. The van der Waals surface area contributed by atoms with Crippen LogP contribution < -0.4 is 9.80 Å². The van der Waals surface area contributed by atoms with Gasteiger partial charge in [0.05, 0.1) is 9.79 Å². The third-order valence-electron chi connectivity index (χ3n) is 8.60. The molecule has 2 aliphatic rings. The minimum Gasteiger partial charge on any atom is -0.369 e. The van der Waals surface area contributed by atoms with E-state index in [4.69, 9.17) is 23.2 Å². The molecule has 12 heteroatoms. The van der Waals surface area contributed by atoms with E-state index in [1.54, 1.807) is 36.4 Å². The van der Waals surface area contributed by atoms with E-state index in [-0.39, 0.29) is 9.79 Å². The van der Waals surface area contributed by atoms with Crippen LogP contribution in [0.5, 0.6) is 0 Å². The van der Waals surface area contributed by atoms with Gasteiger partial charge in [0.15, 0.2) is 0 Å². The van der Waals surface area contributed by atoms with Crippen molar-refractivity contribution in [3.05, 3.63) is 94.0 Å². The molecule has 2 saturated heterocycles. The van der Waals surface area contributed by atoms with E-state index in [1.165, 1.54) is 8.61 Å². The van der Waals surface area contributed by atoms with Crippen LogP contribution in [-0.2, 0) is 20.0 Å². The summed E-state index contributed by atoms with van der Waals surface area (Å²) in [5.41, 5.74) is 3.90. The summed E-state index contributed by atoms with van der Waals surface area (Å²) >= 11 is 12.6. The van der Waals surface area contributed by atoms with Crippen molar-refractivity contribution in [3.8, 4) is 0 Å². The van der Waals surface area contributed by atoms with Crippen molar-refractivity contribution in [1.82, 2.24) is 8.61 Å². The number of piperazine rings is 2. The van der Waals surface area contributed by atoms with E-state index in [0.717, 1.165) is 22.5 Å². The maximum absolute atomic E-state index is 13.9. The Morgan fingerprint density at radius 1 is 0.523 bits per heavy atom. The molecule has 0 spiro atoms. The van der Waals surface area contributed by atoms with Gasteiger partial charge in [-0.05, 0) is 61.4 Å². The Balaban J connectivity index is 1.22. The van der Waals surface area contributed by atoms with Crippen molar-refractivity contribution in [1.29, 1.82) is 0 Å². The van der Waals surface area contributed by atoms with Crippen LogP contribution >= 0.6 is 23.2 Å². The van der Waals surface area contributed by atoms with Crippen LogP contribution in [0.25, 0.3) is 10.8 Å². The van der Waals surface area contributed by atoms with Crippen molar-refractivity contribution in [2.24, 2.45) is 0 Å². The summed E-state index contributed by atoms with van der Waals surface area (Å²) in [6.07, 6.45) is 0. The number of nitrogens with zero attached hydrogens (tertiary/aromatic N) is 4. The monoisotopic (exact) mass is 672 g/mol. The third-order valence-corrected chi connectivity index (χ3v) is 13.3. The molecule has 2 fully saturated rings. The van der Waals surface area contributed by atoms with Crippen LogP contribution in [0, 0.1) is 13.8 Å². The molecular weight excluding hydrogens is 639 g/mol. The van der Waals surface area contributed by atoms with E-state index >= 15 is 0 Å². The summed E-state index contributed by atoms with van der Waals surface area (Å²) in [5, 5.41) is 2.15. The van der Waals surface area contributed by atoms with Crippen molar-refractivity contribution < 1.29 is 16.8 Å². The molecule has 8 nitrogen and oxygen atoms in total. The Kier molecular flexibility index (Phi) is 8.60. The number of sulfonamides is 2. The SMILES string of the molecule is Cc1ccc(N2CCN(S(=O)(=O)c3cccc4c(S(=O)(=O)N5CCN(c6ccc(C)c(Cl)c6)CC5)cccc34)CC2)cc1Cl. The summed E-state index contributed by atoms with van der Waals surface area (Å²) in [4.78, 5) is 4.47. The molecule has 6 rings (SSSR count). The highest BCUT2D eigenvalue weighted by atomic mass is 35.5. The van der Waals surface area contributed by atoms with Gasteiger partial charge in [-0.2, -0.15) is 8.61 Å². The van der Waals surface area contributed by atoms with Crippen molar-refractivity contribution in [2.75, 3.05) is 62.2 Å². The smallest absolute Gasteiger partial charge is 0.243 e. The molecule has 0 atom stereocenters. The van der Waals surface area contributed by atoms with Gasteiger partial charge in [-0.1, -0.05) is 59.6 Å². The Labute approximate surface area is 269 Å². The number of rotatable bonds is 6. The van der Waals surface area contributed by atoms with Crippen molar-refractivity contribution in [3.63, 3.8) is 0 Å². The molecule has 2 heterocycles. The first kappa shape index (κ1) is 31.1. The molecular formula is C32H34Cl2N4O4S2. The highest BCUT2D eigenvalue weighted by Crippen LogP contribution is 2.33. The predicted octanol–water partition coefficient (Wildman–Crippen LogP) is 5.79. The number of halogens is 2. The summed E-state index contributed by atoms with van der Waals surface area (Å²) in [6, 6.07) is 21.5. The minimum absolute atomic E-state index is 0.111. The van der Waals surface area contributed by atoms with E-state index in [9.17, 15) is 16.8 Å². The number of hydrogen-bond acceptors (Lipinski definition) is 6. The molecule has 0 saturated carbocycles. The summed E-state index contributed by atoms with van der Waals surface area (Å²) in [5.74, 6) is 0. The Morgan fingerprint density at radius 3 is 1.23 bits per heavy atom. The molecule has 4 aromatic carbocycles. The Hall–Kier alpha value is -2.86. The molecule has 44 heavy (non-hydrogen) atoms. The van der Waals surface area contributed by atoms with Gasteiger partial charge in [0.1, 0.15) is 0 Å². The second kappa shape index (κ2) is 12.2. The van der Waals surface area contributed by atoms with Gasteiger partial charge in [-0.3, -0.25) is 0 Å². The molecule has 0 aromatic heterocycles. The molecule has 0 bridgehead atoms. The predicted molar refractivity (Wildman–Crippen MR) is 178 cm³/mol. The highest BCUT2D eigenvalue weighted by Gasteiger charge is 2.33. The number of benzene rings is 4. The molecule has 2 aliphatic heterocycles. The summed E-state index contributed by atoms with van der Waals surface area (Å²) in [6.45, 7) is 7.18. The highest BCUT2D eigenvalue weighted by molar-refractivity contribution is 7.89. The normalized spacial score (nSPS) is 17.4. The molecule has 232 valence electrons. The van der Waals surface area contributed by atoms with E-state index < -0.39 is 20.0 Å². The fourth-order valence-corrected chi connectivity index (χ4v) is 9.52. The Morgan fingerprint density at radius 2 is 0.886 bits per heavy atom. The van der Waals surface area contributed by atoms with Crippen LogP contribution in [-0.4, -0.2) is 77.8 Å². The van der Waals surface area contributed by atoms with E-state index in [0.29, 0.717) is 73.2 Å². The zero-order chi connectivity index (χ0) is 31.2. The first-order valence-electron chi connectivity index (χ1n) is 14.5. The second-order valence-electron chi connectivity index (χ2n) is 11.3. The lowest BCUT2D eigenvalue weighted by Crippen LogP contribution is -2.49. The number of hydrogen-bond donors (Lipinski definition) is 0. The Bertz CT molecular complexity index is 1800. The van der Waals surface area contributed by atoms with Gasteiger partial charge in [0.25, 0.3) is 0 Å². The van der Waals surface area contributed by atoms with Crippen LogP contribution in [0.4, 0.5) is 11.4 Å².